The molecule has 0 radical (unpaired) electrons. The second-order valence-electron chi connectivity index (χ2n) is 8.62. The fourth-order valence-electron chi connectivity index (χ4n) is 3.85. The van der Waals surface area contributed by atoms with Gasteiger partial charge in [-0.25, -0.2) is 0 Å². The molecule has 0 bridgehead atoms. The molecule has 0 aliphatic rings. The molecule has 0 fully saturated rings. The number of ether oxygens (including phenoxy) is 2. The molecule has 0 unspecified atom stereocenters. The molecule has 1 aromatic heterocycles. The summed E-state index contributed by atoms with van der Waals surface area (Å²) in [5, 5.41) is 21.1. The van der Waals surface area contributed by atoms with Crippen molar-refractivity contribution in [3.8, 4) is 17.2 Å². The van der Waals surface area contributed by atoms with E-state index in [0.717, 1.165) is 16.8 Å². The zero-order chi connectivity index (χ0) is 28.1. The van der Waals surface area contributed by atoms with E-state index < -0.39 is 5.25 Å². The molecule has 204 valence electrons. The molecule has 0 aliphatic carbocycles. The molecule has 0 aliphatic heterocycles. The van der Waals surface area contributed by atoms with E-state index in [-0.39, 0.29) is 18.1 Å². The summed E-state index contributed by atoms with van der Waals surface area (Å²) in [5.41, 5.74) is 3.52. The number of hydrogen-bond donors (Lipinski definition) is 0. The predicted octanol–water partition coefficient (Wildman–Crippen LogP) is 8.04. The zero-order valence-corrected chi connectivity index (χ0v) is 25.3. The van der Waals surface area contributed by atoms with Crippen LogP contribution in [0.4, 0.5) is 0 Å². The van der Waals surface area contributed by atoms with Crippen LogP contribution in [0, 0.1) is 24.0 Å². The standard InChI is InChI=1S/C27H25BrCl2N4O4S/c1-4-37-24-13-19(12-21(28)26(24)38-15-18-7-10-22(29)23(30)11-18)25(14-33(35)36)39-27-32-31-17(3)34(27)20-8-5-16(2)6-9-20/h5-13,25H,4,14-15H2,1-3H3/t25-/m0/s1. The fourth-order valence-corrected chi connectivity index (χ4v) is 5.89. The normalized spacial score (nSPS) is 11.8. The zero-order valence-electron chi connectivity index (χ0n) is 21.4. The summed E-state index contributed by atoms with van der Waals surface area (Å²) in [6.07, 6.45) is 0. The molecule has 12 heteroatoms. The lowest BCUT2D eigenvalue weighted by molar-refractivity contribution is -0.479. The molecule has 4 aromatic rings. The average Bonchev–Trinajstić information content (AvgIpc) is 3.25. The van der Waals surface area contributed by atoms with Crippen LogP contribution in [-0.4, -0.2) is 32.8 Å². The van der Waals surface area contributed by atoms with Gasteiger partial charge in [-0.1, -0.05) is 58.7 Å². The van der Waals surface area contributed by atoms with Gasteiger partial charge in [-0.2, -0.15) is 0 Å². The number of halogens is 3. The highest BCUT2D eigenvalue weighted by atomic mass is 79.9. The van der Waals surface area contributed by atoms with Crippen molar-refractivity contribution in [2.75, 3.05) is 13.2 Å². The second kappa shape index (κ2) is 13.0. The van der Waals surface area contributed by atoms with E-state index in [0.29, 0.717) is 49.2 Å². The minimum atomic E-state index is -0.576. The highest BCUT2D eigenvalue weighted by Crippen LogP contribution is 2.43. The molecule has 1 heterocycles. The minimum absolute atomic E-state index is 0.223. The van der Waals surface area contributed by atoms with Crippen LogP contribution in [0.5, 0.6) is 11.5 Å². The smallest absolute Gasteiger partial charge is 0.220 e. The Labute approximate surface area is 248 Å². The summed E-state index contributed by atoms with van der Waals surface area (Å²) < 4.78 is 14.5. The molecule has 0 saturated carbocycles. The van der Waals surface area contributed by atoms with Crippen LogP contribution >= 0.6 is 50.9 Å². The van der Waals surface area contributed by atoms with Gasteiger partial charge in [-0.05, 0) is 84.2 Å². The molecular formula is C27H25BrCl2N4O4S. The van der Waals surface area contributed by atoms with Crippen molar-refractivity contribution in [2.24, 2.45) is 0 Å². The Morgan fingerprint density at radius 2 is 1.79 bits per heavy atom. The van der Waals surface area contributed by atoms with Crippen molar-refractivity contribution < 1.29 is 14.4 Å². The topological polar surface area (TPSA) is 92.3 Å². The molecule has 0 saturated heterocycles. The molecule has 1 atom stereocenters. The Bertz CT molecular complexity index is 1480. The van der Waals surface area contributed by atoms with Crippen molar-refractivity contribution in [3.05, 3.63) is 102 Å². The molecule has 0 amide bonds. The summed E-state index contributed by atoms with van der Waals surface area (Å²) >= 11 is 17.0. The average molecular weight is 652 g/mol. The van der Waals surface area contributed by atoms with Crippen LogP contribution in [0.15, 0.2) is 64.2 Å². The number of hydrogen-bond acceptors (Lipinski definition) is 7. The monoisotopic (exact) mass is 650 g/mol. The first-order valence-electron chi connectivity index (χ1n) is 12.0. The Balaban J connectivity index is 1.66. The highest BCUT2D eigenvalue weighted by molar-refractivity contribution is 9.10. The highest BCUT2D eigenvalue weighted by Gasteiger charge is 2.26. The SMILES string of the molecule is CCOc1cc([C@H](C[N+](=O)[O-])Sc2nnc(C)n2-c2ccc(C)cc2)cc(Br)c1OCc1ccc(Cl)c(Cl)c1. The van der Waals surface area contributed by atoms with Gasteiger partial charge in [0.2, 0.25) is 6.54 Å². The maximum Gasteiger partial charge on any atom is 0.220 e. The number of aryl methyl sites for hydroxylation is 2. The molecule has 39 heavy (non-hydrogen) atoms. The molecule has 3 aromatic carbocycles. The molecule has 8 nitrogen and oxygen atoms in total. The van der Waals surface area contributed by atoms with Gasteiger partial charge in [0, 0.05) is 10.6 Å². The number of rotatable bonds is 11. The van der Waals surface area contributed by atoms with Gasteiger partial charge in [0.15, 0.2) is 16.7 Å². The lowest BCUT2D eigenvalue weighted by atomic mass is 10.1. The Morgan fingerprint density at radius 3 is 2.46 bits per heavy atom. The number of thioether (sulfide) groups is 1. The van der Waals surface area contributed by atoms with Crippen molar-refractivity contribution in [1.29, 1.82) is 0 Å². The number of benzene rings is 3. The van der Waals surface area contributed by atoms with Crippen molar-refractivity contribution in [3.63, 3.8) is 0 Å². The number of aromatic nitrogens is 3. The Kier molecular flexibility index (Phi) is 9.76. The predicted molar refractivity (Wildman–Crippen MR) is 157 cm³/mol. The molecular weight excluding hydrogens is 627 g/mol. The van der Waals surface area contributed by atoms with Crippen LogP contribution in [0.3, 0.4) is 0 Å². The third-order valence-corrected chi connectivity index (χ3v) is 8.23. The van der Waals surface area contributed by atoms with E-state index in [9.17, 15) is 10.1 Å². The lowest BCUT2D eigenvalue weighted by Crippen LogP contribution is -2.12. The van der Waals surface area contributed by atoms with Gasteiger partial charge in [0.05, 0.1) is 21.1 Å². The summed E-state index contributed by atoms with van der Waals surface area (Å²) in [7, 11) is 0. The quantitative estimate of drug-likeness (QED) is 0.0920. The third kappa shape index (κ3) is 7.25. The summed E-state index contributed by atoms with van der Waals surface area (Å²) in [5.74, 6) is 1.63. The van der Waals surface area contributed by atoms with Gasteiger partial charge in [-0.3, -0.25) is 14.7 Å². The maximum atomic E-state index is 11.7. The number of nitrogens with zero attached hydrogens (tertiary/aromatic N) is 4. The summed E-state index contributed by atoms with van der Waals surface area (Å²) in [6, 6.07) is 16.8. The van der Waals surface area contributed by atoms with Gasteiger partial charge in [-0.15, -0.1) is 10.2 Å². The van der Waals surface area contributed by atoms with Crippen LogP contribution in [-0.2, 0) is 6.61 Å². The van der Waals surface area contributed by atoms with Gasteiger partial charge in [0.25, 0.3) is 0 Å². The maximum absolute atomic E-state index is 11.7. The minimum Gasteiger partial charge on any atom is -0.490 e. The van der Waals surface area contributed by atoms with E-state index in [4.69, 9.17) is 32.7 Å². The first-order valence-corrected chi connectivity index (χ1v) is 14.4. The van der Waals surface area contributed by atoms with Crippen molar-refractivity contribution in [1.82, 2.24) is 14.8 Å². The van der Waals surface area contributed by atoms with Gasteiger partial charge >= 0.3 is 0 Å². The second-order valence-corrected chi connectivity index (χ2v) is 11.5. The van der Waals surface area contributed by atoms with Crippen LogP contribution in [0.25, 0.3) is 5.69 Å². The lowest BCUT2D eigenvalue weighted by Gasteiger charge is -2.19. The molecule has 4 rings (SSSR count). The summed E-state index contributed by atoms with van der Waals surface area (Å²) in [4.78, 5) is 11.4. The van der Waals surface area contributed by atoms with Crippen LogP contribution in [0.1, 0.15) is 34.7 Å². The third-order valence-electron chi connectivity index (χ3n) is 5.72. The Morgan fingerprint density at radius 1 is 1.05 bits per heavy atom. The summed E-state index contributed by atoms with van der Waals surface area (Å²) in [6.45, 7) is 6.00. The van der Waals surface area contributed by atoms with Gasteiger partial charge < -0.3 is 9.47 Å². The van der Waals surface area contributed by atoms with E-state index >= 15 is 0 Å². The largest absolute Gasteiger partial charge is 0.490 e. The van der Waals surface area contributed by atoms with Crippen LogP contribution < -0.4 is 9.47 Å². The molecule has 0 spiro atoms. The van der Waals surface area contributed by atoms with Crippen LogP contribution in [0.2, 0.25) is 10.0 Å². The number of nitro groups is 1. The Hall–Kier alpha value is -2.79. The van der Waals surface area contributed by atoms with E-state index in [2.05, 4.69) is 26.1 Å². The van der Waals surface area contributed by atoms with E-state index in [1.807, 2.05) is 61.7 Å². The first-order chi connectivity index (χ1) is 18.7. The fraction of sp³-hybridized carbons (Fsp3) is 0.259. The van der Waals surface area contributed by atoms with Gasteiger partial charge in [0.1, 0.15) is 17.7 Å². The van der Waals surface area contributed by atoms with E-state index in [1.165, 1.54) is 11.8 Å². The van der Waals surface area contributed by atoms with E-state index in [1.54, 1.807) is 18.2 Å². The van der Waals surface area contributed by atoms with Crippen molar-refractivity contribution >= 4 is 50.9 Å². The molecule has 0 N–H and O–H groups in total. The first kappa shape index (κ1) is 29.2. The van der Waals surface area contributed by atoms with Crippen molar-refractivity contribution in [2.45, 2.75) is 37.8 Å².